The van der Waals surface area contributed by atoms with Gasteiger partial charge in [0.1, 0.15) is 5.75 Å². The number of carbonyl (C=O) groups excluding carboxylic acids is 4. The Labute approximate surface area is 325 Å². The number of aromatic hydroxyl groups is 1. The Hall–Kier alpha value is -5.80. The minimum atomic E-state index is -4.77. The number of pyridine rings is 1. The molecular weight excluding hydrogens is 778 g/mol. The van der Waals surface area contributed by atoms with Crippen LogP contribution in [0.25, 0.3) is 0 Å². The summed E-state index contributed by atoms with van der Waals surface area (Å²) in [5, 5.41) is 22.4. The van der Waals surface area contributed by atoms with E-state index in [9.17, 15) is 42.8 Å². The fraction of sp³-hybridized carbons (Fsp3) is 0.256. The fourth-order valence-electron chi connectivity index (χ4n) is 8.99. The summed E-state index contributed by atoms with van der Waals surface area (Å²) in [5.41, 5.74) is 1.52. The molecule has 2 N–H and O–H groups in total. The van der Waals surface area contributed by atoms with Gasteiger partial charge in [-0.3, -0.25) is 39.6 Å². The number of aryl methyl sites for hydroxylation is 1. The number of hydrazine groups is 1. The average Bonchev–Trinajstić information content (AvgIpc) is 3.54. The first-order chi connectivity index (χ1) is 26.5. The van der Waals surface area contributed by atoms with Gasteiger partial charge in [-0.25, -0.2) is 4.98 Å². The number of nitro benzene ring substituents is 1. The number of hydrogen-bond donors (Lipinski definition) is 2. The maximum Gasteiger partial charge on any atom is 0.417 e. The number of carbonyl (C=O) groups is 4. The number of fused-ring (bicyclic) bond motifs is 4. The highest BCUT2D eigenvalue weighted by Crippen LogP contribution is 2.64. The van der Waals surface area contributed by atoms with E-state index in [4.69, 9.17) is 23.2 Å². The topological polar surface area (TPSA) is 163 Å². The third kappa shape index (κ3) is 5.54. The molecule has 4 amide bonds. The van der Waals surface area contributed by atoms with Gasteiger partial charge in [0.15, 0.2) is 5.82 Å². The van der Waals surface area contributed by atoms with Gasteiger partial charge in [-0.15, -0.1) is 0 Å². The predicted octanol–water partition coefficient (Wildman–Crippen LogP) is 7.52. The predicted molar refractivity (Wildman–Crippen MR) is 195 cm³/mol. The highest BCUT2D eigenvalue weighted by molar-refractivity contribution is 6.33. The molecule has 2 saturated heterocycles. The van der Waals surface area contributed by atoms with E-state index in [1.165, 1.54) is 30.3 Å². The first kappa shape index (κ1) is 37.1. The molecule has 2 aliphatic heterocycles. The Kier molecular flexibility index (Phi) is 8.73. The number of rotatable bonds is 6. The molecule has 3 heterocycles. The highest BCUT2D eigenvalue weighted by Gasteiger charge is 2.70. The second-order valence-electron chi connectivity index (χ2n) is 14.2. The maximum absolute atomic E-state index is 15.3. The van der Waals surface area contributed by atoms with E-state index < -0.39 is 86.1 Å². The molecule has 4 aliphatic rings. The van der Waals surface area contributed by atoms with Crippen LogP contribution in [0.3, 0.4) is 0 Å². The number of allylic oxidation sites excluding steroid dienone is 2. The second-order valence-corrected chi connectivity index (χ2v) is 15.1. The fourth-order valence-corrected chi connectivity index (χ4v) is 9.33. The van der Waals surface area contributed by atoms with Crippen molar-refractivity contribution < 1.29 is 42.4 Å². The van der Waals surface area contributed by atoms with E-state index in [0.29, 0.717) is 44.6 Å². The number of non-ortho nitro benzene ring substituents is 1. The van der Waals surface area contributed by atoms with Crippen molar-refractivity contribution in [2.45, 2.75) is 37.3 Å². The lowest BCUT2D eigenvalue weighted by atomic mass is 9.49. The van der Waals surface area contributed by atoms with Crippen LogP contribution in [0.4, 0.5) is 30.4 Å². The highest BCUT2D eigenvalue weighted by atomic mass is 35.5. The summed E-state index contributed by atoms with van der Waals surface area (Å²) in [4.78, 5) is 74.0. The standard InChI is InChI=1S/C39H28Cl2F3N5O7/c1-18-14-19(2-13-30(18)50)32-25-11-12-26-31(36(53)47(34(26)51)23-7-9-24(10-8-23)49(55)56)27(25)16-28-35(52)48(37(54)38(28,32)20-3-5-22(40)6-4-20)46-33-29(41)15-21(17-45-33)39(42,43)44/h2-11,13-15,17,26-28,31-32,50H,12,16H2,1H3,(H,45,46)/t26-,27+,28-,31-,32-,38+/m0/s1. The van der Waals surface area contributed by atoms with Crippen LogP contribution in [0.5, 0.6) is 5.75 Å². The molecule has 56 heavy (non-hydrogen) atoms. The summed E-state index contributed by atoms with van der Waals surface area (Å²) < 4.78 is 40.4. The summed E-state index contributed by atoms with van der Waals surface area (Å²) in [5.74, 6) is -7.92. The molecule has 286 valence electrons. The number of nitro groups is 1. The lowest BCUT2D eigenvalue weighted by molar-refractivity contribution is -0.384. The third-order valence-corrected chi connectivity index (χ3v) is 12.0. The van der Waals surface area contributed by atoms with Crippen molar-refractivity contribution in [2.75, 3.05) is 10.3 Å². The van der Waals surface area contributed by atoms with Crippen LogP contribution in [0.15, 0.2) is 90.6 Å². The Bertz CT molecular complexity index is 2410. The molecule has 3 fully saturated rings. The van der Waals surface area contributed by atoms with Crippen LogP contribution in [-0.4, -0.2) is 43.7 Å². The Morgan fingerprint density at radius 2 is 1.64 bits per heavy atom. The van der Waals surface area contributed by atoms with Crippen molar-refractivity contribution in [3.63, 3.8) is 0 Å². The number of imide groups is 2. The largest absolute Gasteiger partial charge is 0.508 e. The lowest BCUT2D eigenvalue weighted by Crippen LogP contribution is -2.53. The zero-order valence-electron chi connectivity index (χ0n) is 29.0. The monoisotopic (exact) mass is 805 g/mol. The molecule has 0 bridgehead atoms. The molecular formula is C39H28Cl2F3N5O7. The molecule has 12 nitrogen and oxygen atoms in total. The van der Waals surface area contributed by atoms with Crippen molar-refractivity contribution >= 4 is 64.0 Å². The number of anilines is 2. The molecule has 0 spiro atoms. The molecule has 6 atom stereocenters. The zero-order valence-corrected chi connectivity index (χ0v) is 30.5. The van der Waals surface area contributed by atoms with Crippen LogP contribution in [-0.2, 0) is 30.8 Å². The third-order valence-electron chi connectivity index (χ3n) is 11.4. The first-order valence-corrected chi connectivity index (χ1v) is 18.0. The summed E-state index contributed by atoms with van der Waals surface area (Å²) in [7, 11) is 0. The smallest absolute Gasteiger partial charge is 0.417 e. The minimum Gasteiger partial charge on any atom is -0.508 e. The summed E-state index contributed by atoms with van der Waals surface area (Å²) in [6.45, 7) is 1.66. The number of aromatic nitrogens is 1. The van der Waals surface area contributed by atoms with E-state index in [-0.39, 0.29) is 30.0 Å². The number of alkyl halides is 3. The lowest BCUT2D eigenvalue weighted by Gasteiger charge is -2.50. The van der Waals surface area contributed by atoms with E-state index in [1.54, 1.807) is 43.3 Å². The number of halogens is 5. The minimum absolute atomic E-state index is 0.0358. The van der Waals surface area contributed by atoms with Gasteiger partial charge in [0.05, 0.1) is 44.4 Å². The number of phenolic OH excluding ortho intramolecular Hbond substituents is 1. The Morgan fingerprint density at radius 3 is 2.27 bits per heavy atom. The SMILES string of the molecule is Cc1cc([C@H]2C3=CC[C@@H]4C(=O)N(c5ccc([N+](=O)[O-])cc5)C(=O)[C@@H]4[C@@H]3C[C@H]3C(=O)N(Nc4ncc(C(F)(F)F)cc4Cl)C(=O)[C@@]23c2ccc(Cl)cc2)ccc1O. The van der Waals surface area contributed by atoms with Crippen molar-refractivity contribution in [3.05, 3.63) is 133 Å². The van der Waals surface area contributed by atoms with Crippen molar-refractivity contribution in [2.24, 2.45) is 23.7 Å². The summed E-state index contributed by atoms with van der Waals surface area (Å²) in [6, 6.07) is 16.7. The average molecular weight is 807 g/mol. The van der Waals surface area contributed by atoms with Gasteiger partial charge in [-0.2, -0.15) is 18.2 Å². The van der Waals surface area contributed by atoms with Gasteiger partial charge >= 0.3 is 6.18 Å². The molecule has 1 saturated carbocycles. The van der Waals surface area contributed by atoms with Crippen molar-refractivity contribution in [3.8, 4) is 5.75 Å². The van der Waals surface area contributed by atoms with Gasteiger partial charge in [0.2, 0.25) is 11.8 Å². The number of hydrogen-bond acceptors (Lipinski definition) is 9. The van der Waals surface area contributed by atoms with E-state index in [0.717, 1.165) is 4.90 Å². The van der Waals surface area contributed by atoms with Crippen molar-refractivity contribution in [1.82, 2.24) is 9.99 Å². The molecule has 2 aliphatic carbocycles. The molecule has 3 aromatic carbocycles. The maximum atomic E-state index is 15.3. The van der Waals surface area contributed by atoms with Crippen LogP contribution in [0.1, 0.15) is 41.0 Å². The molecule has 0 radical (unpaired) electrons. The number of nitrogens with one attached hydrogen (secondary N) is 1. The van der Waals surface area contributed by atoms with Crippen LogP contribution < -0.4 is 10.3 Å². The quantitative estimate of drug-likeness (QED) is 0.0869. The van der Waals surface area contributed by atoms with Crippen LogP contribution in [0, 0.1) is 40.7 Å². The van der Waals surface area contributed by atoms with Gasteiger partial charge in [-0.05, 0) is 78.8 Å². The van der Waals surface area contributed by atoms with Gasteiger partial charge in [0, 0.05) is 29.3 Å². The van der Waals surface area contributed by atoms with E-state index >= 15 is 4.79 Å². The zero-order chi connectivity index (χ0) is 40.0. The van der Waals surface area contributed by atoms with Gasteiger partial charge in [0.25, 0.3) is 17.5 Å². The second kappa shape index (κ2) is 13.2. The van der Waals surface area contributed by atoms with Crippen LogP contribution in [0.2, 0.25) is 10.0 Å². The normalized spacial score (nSPS) is 25.8. The molecule has 8 rings (SSSR count). The van der Waals surface area contributed by atoms with Crippen LogP contribution >= 0.6 is 23.2 Å². The van der Waals surface area contributed by atoms with E-state index in [2.05, 4.69) is 10.4 Å². The Morgan fingerprint density at radius 1 is 0.946 bits per heavy atom. The Balaban J connectivity index is 1.29. The van der Waals surface area contributed by atoms with Gasteiger partial charge in [-0.1, -0.05) is 59.1 Å². The number of phenols is 1. The summed E-state index contributed by atoms with van der Waals surface area (Å²) in [6.07, 6.45) is -2.45. The number of benzene rings is 3. The molecule has 17 heteroatoms. The van der Waals surface area contributed by atoms with Gasteiger partial charge < -0.3 is 5.11 Å². The molecule has 0 unspecified atom stereocenters. The van der Waals surface area contributed by atoms with E-state index in [1.807, 2.05) is 6.08 Å². The molecule has 1 aromatic heterocycles. The van der Waals surface area contributed by atoms with Crippen molar-refractivity contribution in [1.29, 1.82) is 0 Å². The first-order valence-electron chi connectivity index (χ1n) is 17.3. The number of nitrogens with zero attached hydrogens (tertiary/aromatic N) is 4. The summed E-state index contributed by atoms with van der Waals surface area (Å²) >= 11 is 12.5. The number of amides is 4. The molecule has 4 aromatic rings.